The van der Waals surface area contributed by atoms with Gasteiger partial charge in [-0.2, -0.15) is 0 Å². The average Bonchev–Trinajstić information content (AvgIpc) is 3.44. The zero-order valence-corrected chi connectivity index (χ0v) is 20.5. The minimum absolute atomic E-state index is 0.0477. The van der Waals surface area contributed by atoms with Crippen LogP contribution in [0.2, 0.25) is 0 Å². The van der Waals surface area contributed by atoms with E-state index in [1.165, 1.54) is 0 Å². The number of pyridine rings is 1. The molecule has 3 aromatic rings. The molecule has 2 aromatic heterocycles. The van der Waals surface area contributed by atoms with Crippen molar-refractivity contribution in [2.75, 3.05) is 31.2 Å². The van der Waals surface area contributed by atoms with Crippen LogP contribution in [0.1, 0.15) is 48.1 Å². The zero-order chi connectivity index (χ0) is 24.5. The number of carbonyl (C=O) groups excluding carboxylic acids is 2. The Labute approximate surface area is 205 Å². The third-order valence-electron chi connectivity index (χ3n) is 7.34. The molecule has 0 saturated carbocycles. The lowest BCUT2D eigenvalue weighted by atomic mass is 10.0. The van der Waals surface area contributed by atoms with Crippen molar-refractivity contribution < 1.29 is 14.0 Å². The summed E-state index contributed by atoms with van der Waals surface area (Å²) in [4.78, 5) is 34.2. The summed E-state index contributed by atoms with van der Waals surface area (Å²) in [5.41, 5.74) is 10.4. The normalized spacial score (nSPS) is 18.3. The highest BCUT2D eigenvalue weighted by Crippen LogP contribution is 2.30. The molecule has 0 spiro atoms. The molecule has 1 aromatic carbocycles. The lowest BCUT2D eigenvalue weighted by Gasteiger charge is -2.24. The number of nitrogen functional groups attached to an aromatic ring is 1. The first kappa shape index (κ1) is 23.4. The van der Waals surface area contributed by atoms with Crippen molar-refractivity contribution in [3.05, 3.63) is 52.9 Å². The number of rotatable bonds is 6. The number of hydrogen-bond acceptors (Lipinski definition) is 6. The van der Waals surface area contributed by atoms with E-state index >= 15 is 0 Å². The molecule has 4 heterocycles. The Morgan fingerprint density at radius 1 is 1.31 bits per heavy atom. The predicted octanol–water partition coefficient (Wildman–Crippen LogP) is 3.66. The molecule has 1 atom stereocenters. The Hall–Kier alpha value is -3.39. The SMILES string of the molecule is Cc1oc2c(N)cccc2c1CN(C)C(=O)CCc1cnc2c(c1)CCC(N1CCCC1)C(=O)N2. The summed E-state index contributed by atoms with van der Waals surface area (Å²) >= 11 is 0. The molecule has 8 heteroatoms. The number of amides is 2. The number of hydrogen-bond donors (Lipinski definition) is 2. The molecule has 0 aliphatic carbocycles. The van der Waals surface area contributed by atoms with E-state index in [1.54, 1.807) is 11.1 Å². The Bertz CT molecular complexity index is 1260. The van der Waals surface area contributed by atoms with Crippen molar-refractivity contribution in [2.45, 2.75) is 58.0 Å². The minimum Gasteiger partial charge on any atom is -0.459 e. The monoisotopic (exact) mass is 475 g/mol. The van der Waals surface area contributed by atoms with Crippen molar-refractivity contribution in [1.29, 1.82) is 0 Å². The lowest BCUT2D eigenvalue weighted by Crippen LogP contribution is -2.41. The highest BCUT2D eigenvalue weighted by atomic mass is 16.3. The quantitative estimate of drug-likeness (QED) is 0.527. The van der Waals surface area contributed by atoms with Crippen LogP contribution in [0.5, 0.6) is 0 Å². The first-order chi connectivity index (χ1) is 16.9. The minimum atomic E-state index is -0.0804. The summed E-state index contributed by atoms with van der Waals surface area (Å²) in [7, 11) is 1.82. The van der Waals surface area contributed by atoms with Crippen LogP contribution < -0.4 is 11.1 Å². The summed E-state index contributed by atoms with van der Waals surface area (Å²) in [6.45, 7) is 4.35. The predicted molar refractivity (Wildman–Crippen MR) is 136 cm³/mol. The van der Waals surface area contributed by atoms with E-state index in [0.29, 0.717) is 36.5 Å². The van der Waals surface area contributed by atoms with E-state index in [9.17, 15) is 9.59 Å². The maximum absolute atomic E-state index is 12.9. The maximum Gasteiger partial charge on any atom is 0.242 e. The number of furan rings is 1. The molecule has 8 nitrogen and oxygen atoms in total. The van der Waals surface area contributed by atoms with E-state index < -0.39 is 0 Å². The van der Waals surface area contributed by atoms with Gasteiger partial charge in [0.05, 0.1) is 11.7 Å². The van der Waals surface area contributed by atoms with Crippen LogP contribution >= 0.6 is 0 Å². The Balaban J connectivity index is 1.21. The molecule has 2 aliphatic heterocycles. The molecule has 1 unspecified atom stereocenters. The van der Waals surface area contributed by atoms with Gasteiger partial charge in [0.25, 0.3) is 0 Å². The molecular weight excluding hydrogens is 442 g/mol. The molecule has 2 aliphatic rings. The van der Waals surface area contributed by atoms with Gasteiger partial charge in [-0.15, -0.1) is 0 Å². The molecule has 0 radical (unpaired) electrons. The van der Waals surface area contributed by atoms with Crippen LogP contribution in [0.15, 0.2) is 34.9 Å². The molecule has 5 rings (SSSR count). The van der Waals surface area contributed by atoms with Crippen molar-refractivity contribution >= 4 is 34.3 Å². The van der Waals surface area contributed by atoms with Gasteiger partial charge in [0, 0.05) is 37.2 Å². The number of nitrogens with one attached hydrogen (secondary N) is 1. The summed E-state index contributed by atoms with van der Waals surface area (Å²) in [5, 5.41) is 3.97. The van der Waals surface area contributed by atoms with Gasteiger partial charge in [0.15, 0.2) is 5.58 Å². The second-order valence-electron chi connectivity index (χ2n) is 9.75. The van der Waals surface area contributed by atoms with E-state index in [1.807, 2.05) is 32.2 Å². The van der Waals surface area contributed by atoms with Gasteiger partial charge in [-0.05, 0) is 69.3 Å². The highest BCUT2D eigenvalue weighted by molar-refractivity contribution is 5.95. The average molecular weight is 476 g/mol. The number of anilines is 2. The van der Waals surface area contributed by atoms with Crippen molar-refractivity contribution in [3.63, 3.8) is 0 Å². The molecule has 0 bridgehead atoms. The largest absolute Gasteiger partial charge is 0.459 e. The van der Waals surface area contributed by atoms with Crippen LogP contribution in [0.4, 0.5) is 11.5 Å². The van der Waals surface area contributed by atoms with Gasteiger partial charge >= 0.3 is 0 Å². The number of aromatic nitrogens is 1. The Kier molecular flexibility index (Phi) is 6.47. The number of likely N-dealkylation sites (tertiary alicyclic amines) is 1. The van der Waals surface area contributed by atoms with Gasteiger partial charge in [0.1, 0.15) is 11.6 Å². The number of nitrogens with zero attached hydrogens (tertiary/aromatic N) is 3. The number of nitrogens with two attached hydrogens (primary N) is 1. The number of aryl methyl sites for hydroxylation is 3. The summed E-state index contributed by atoms with van der Waals surface area (Å²) in [6, 6.07) is 7.71. The first-order valence-corrected chi connectivity index (χ1v) is 12.4. The van der Waals surface area contributed by atoms with Crippen LogP contribution in [0.3, 0.4) is 0 Å². The maximum atomic E-state index is 12.9. The molecule has 1 saturated heterocycles. The second-order valence-corrected chi connectivity index (χ2v) is 9.75. The standard InChI is InChI=1S/C27H33N5O3/c1-17-21(20-6-5-7-22(28)25(20)35-17)16-31(2)24(33)11-8-18-14-19-9-10-23(32-12-3-4-13-32)27(34)30-26(19)29-15-18/h5-7,14-15,23H,3-4,8-13,16,28H2,1-2H3,(H,29,30,34). The van der Waals surface area contributed by atoms with Crippen molar-refractivity contribution in [3.8, 4) is 0 Å². The fraction of sp³-hybridized carbons (Fsp3) is 0.444. The molecule has 35 heavy (non-hydrogen) atoms. The topological polar surface area (TPSA) is 105 Å². The second kappa shape index (κ2) is 9.70. The third kappa shape index (κ3) is 4.75. The van der Waals surface area contributed by atoms with E-state index in [0.717, 1.165) is 66.6 Å². The van der Waals surface area contributed by atoms with Crippen LogP contribution in [-0.4, -0.2) is 52.8 Å². The van der Waals surface area contributed by atoms with Gasteiger partial charge < -0.3 is 20.4 Å². The van der Waals surface area contributed by atoms with Crippen LogP contribution in [-0.2, 0) is 29.0 Å². The van der Waals surface area contributed by atoms with Gasteiger partial charge in [-0.1, -0.05) is 18.2 Å². The van der Waals surface area contributed by atoms with Gasteiger partial charge in [0.2, 0.25) is 11.8 Å². The van der Waals surface area contributed by atoms with E-state index in [4.69, 9.17) is 10.2 Å². The summed E-state index contributed by atoms with van der Waals surface area (Å²) < 4.78 is 5.85. The van der Waals surface area contributed by atoms with Crippen molar-refractivity contribution in [2.24, 2.45) is 0 Å². The fourth-order valence-electron chi connectivity index (χ4n) is 5.30. The molecule has 1 fully saturated rings. The molecule has 3 N–H and O–H groups in total. The summed E-state index contributed by atoms with van der Waals surface area (Å²) in [6.07, 6.45) is 6.69. The molecular formula is C27H33N5O3. The zero-order valence-electron chi connectivity index (χ0n) is 20.5. The third-order valence-corrected chi connectivity index (χ3v) is 7.34. The lowest BCUT2D eigenvalue weighted by molar-refractivity contribution is -0.130. The highest BCUT2D eigenvalue weighted by Gasteiger charge is 2.31. The molecule has 184 valence electrons. The summed E-state index contributed by atoms with van der Waals surface area (Å²) in [5.74, 6) is 1.54. The van der Waals surface area contributed by atoms with E-state index in [2.05, 4.69) is 21.3 Å². The van der Waals surface area contributed by atoms with Gasteiger partial charge in [-0.25, -0.2) is 4.98 Å². The Morgan fingerprint density at radius 2 is 2.11 bits per heavy atom. The van der Waals surface area contributed by atoms with Crippen LogP contribution in [0.25, 0.3) is 11.0 Å². The van der Waals surface area contributed by atoms with Crippen molar-refractivity contribution in [1.82, 2.24) is 14.8 Å². The Morgan fingerprint density at radius 3 is 2.91 bits per heavy atom. The number of para-hydroxylation sites is 1. The molecule has 2 amide bonds. The number of carbonyl (C=O) groups is 2. The van der Waals surface area contributed by atoms with Gasteiger partial charge in [-0.3, -0.25) is 14.5 Å². The fourth-order valence-corrected chi connectivity index (χ4v) is 5.30. The smallest absolute Gasteiger partial charge is 0.242 e. The first-order valence-electron chi connectivity index (χ1n) is 12.4. The van der Waals surface area contributed by atoms with Crippen LogP contribution in [0, 0.1) is 6.92 Å². The number of benzene rings is 1. The number of fused-ring (bicyclic) bond motifs is 2. The van der Waals surface area contributed by atoms with E-state index in [-0.39, 0.29) is 17.9 Å².